The minimum Gasteiger partial charge on any atom is -0.493 e. The van der Waals surface area contributed by atoms with Crippen LogP contribution >= 0.6 is 27.7 Å². The topological polar surface area (TPSA) is 112 Å². The number of aromatic nitrogens is 1. The van der Waals surface area contributed by atoms with Crippen molar-refractivity contribution in [2.75, 3.05) is 7.11 Å². The van der Waals surface area contributed by atoms with Gasteiger partial charge in [-0.05, 0) is 63.6 Å². The Hall–Kier alpha value is -3.70. The average Bonchev–Trinajstić information content (AvgIpc) is 3.11. The standard InChI is InChI=1S/C24H18BrN3O6S/c1-33-20-11-15(10-18(25)22(20)34-14-17-7-4-5-9-26-17)12-21-23(29)27(24(30)35-21)13-16-6-2-3-8-19(16)28(31)32/h2-12H,13-14H2,1H3/b21-12-. The highest BCUT2D eigenvalue weighted by Gasteiger charge is 2.36. The molecule has 0 unspecified atom stereocenters. The fourth-order valence-electron chi connectivity index (χ4n) is 3.37. The third-order valence-corrected chi connectivity index (χ3v) is 6.53. The van der Waals surface area contributed by atoms with Crippen LogP contribution in [0.4, 0.5) is 10.5 Å². The number of carbonyl (C=O) groups excluding carboxylic acids is 2. The van der Waals surface area contributed by atoms with E-state index in [0.717, 1.165) is 22.4 Å². The van der Waals surface area contributed by atoms with Crippen molar-refractivity contribution in [3.63, 3.8) is 0 Å². The quantitative estimate of drug-likeness (QED) is 0.201. The number of hydrogen-bond acceptors (Lipinski definition) is 8. The first-order valence-electron chi connectivity index (χ1n) is 10.2. The molecule has 3 aromatic rings. The van der Waals surface area contributed by atoms with E-state index in [9.17, 15) is 19.7 Å². The van der Waals surface area contributed by atoms with Crippen molar-refractivity contribution in [3.8, 4) is 11.5 Å². The number of nitro groups is 1. The number of imide groups is 1. The smallest absolute Gasteiger partial charge is 0.293 e. The molecule has 2 aromatic carbocycles. The van der Waals surface area contributed by atoms with Crippen LogP contribution in [0.1, 0.15) is 16.8 Å². The van der Waals surface area contributed by atoms with E-state index in [4.69, 9.17) is 9.47 Å². The molecule has 1 aromatic heterocycles. The molecule has 4 rings (SSSR count). The van der Waals surface area contributed by atoms with Crippen molar-refractivity contribution in [2.45, 2.75) is 13.2 Å². The molecule has 178 valence electrons. The largest absolute Gasteiger partial charge is 0.493 e. The summed E-state index contributed by atoms with van der Waals surface area (Å²) in [6.07, 6.45) is 3.25. The van der Waals surface area contributed by atoms with Gasteiger partial charge in [-0.25, -0.2) is 0 Å². The van der Waals surface area contributed by atoms with Crippen molar-refractivity contribution in [3.05, 3.63) is 97.1 Å². The van der Waals surface area contributed by atoms with Gasteiger partial charge >= 0.3 is 0 Å². The molecule has 0 N–H and O–H groups in total. The van der Waals surface area contributed by atoms with E-state index in [0.29, 0.717) is 21.5 Å². The van der Waals surface area contributed by atoms with Gasteiger partial charge in [-0.15, -0.1) is 0 Å². The molecular weight excluding hydrogens is 538 g/mol. The van der Waals surface area contributed by atoms with Crippen LogP contribution in [0.15, 0.2) is 70.2 Å². The van der Waals surface area contributed by atoms with Crippen molar-refractivity contribution in [1.82, 2.24) is 9.88 Å². The van der Waals surface area contributed by atoms with Crippen LogP contribution < -0.4 is 9.47 Å². The normalized spacial score (nSPS) is 14.5. The SMILES string of the molecule is COc1cc(/C=C2\SC(=O)N(Cc3ccccc3[N+](=O)[O-])C2=O)cc(Br)c1OCc1ccccn1. The Morgan fingerprint density at radius 1 is 1.17 bits per heavy atom. The second-order valence-corrected chi connectivity index (χ2v) is 9.15. The van der Waals surface area contributed by atoms with Gasteiger partial charge in [-0.1, -0.05) is 24.3 Å². The summed E-state index contributed by atoms with van der Waals surface area (Å²) in [5, 5.41) is 10.8. The summed E-state index contributed by atoms with van der Waals surface area (Å²) < 4.78 is 11.9. The zero-order chi connectivity index (χ0) is 24.9. The summed E-state index contributed by atoms with van der Waals surface area (Å²) in [5.41, 5.74) is 1.48. The molecule has 2 heterocycles. The second-order valence-electron chi connectivity index (χ2n) is 7.30. The van der Waals surface area contributed by atoms with E-state index in [1.807, 2.05) is 18.2 Å². The highest BCUT2D eigenvalue weighted by atomic mass is 79.9. The molecule has 0 radical (unpaired) electrons. The Balaban J connectivity index is 1.55. The third-order valence-electron chi connectivity index (χ3n) is 5.03. The summed E-state index contributed by atoms with van der Waals surface area (Å²) >= 11 is 4.25. The zero-order valence-electron chi connectivity index (χ0n) is 18.3. The molecule has 0 spiro atoms. The Morgan fingerprint density at radius 2 is 1.94 bits per heavy atom. The maximum Gasteiger partial charge on any atom is 0.293 e. The zero-order valence-corrected chi connectivity index (χ0v) is 20.7. The summed E-state index contributed by atoms with van der Waals surface area (Å²) in [6.45, 7) is 0.0478. The summed E-state index contributed by atoms with van der Waals surface area (Å²) in [4.78, 5) is 41.6. The number of methoxy groups -OCH3 is 1. The Bertz CT molecular complexity index is 1330. The maximum atomic E-state index is 12.9. The van der Waals surface area contributed by atoms with Crippen LogP contribution in [-0.2, 0) is 17.9 Å². The lowest BCUT2D eigenvalue weighted by Crippen LogP contribution is -2.27. The van der Waals surface area contributed by atoms with Gasteiger partial charge in [0, 0.05) is 17.8 Å². The minimum absolute atomic E-state index is 0.148. The molecule has 1 aliphatic rings. The summed E-state index contributed by atoms with van der Waals surface area (Å²) in [5.74, 6) is 0.379. The van der Waals surface area contributed by atoms with Crippen LogP contribution in [0.25, 0.3) is 6.08 Å². The number of amides is 2. The molecule has 0 saturated carbocycles. The molecule has 2 amide bonds. The van der Waals surface area contributed by atoms with Gasteiger partial charge in [0.1, 0.15) is 6.61 Å². The number of rotatable bonds is 8. The Morgan fingerprint density at radius 3 is 2.66 bits per heavy atom. The molecule has 0 atom stereocenters. The first-order valence-corrected chi connectivity index (χ1v) is 11.9. The van der Waals surface area contributed by atoms with E-state index >= 15 is 0 Å². The number of pyridine rings is 1. The molecule has 1 fully saturated rings. The molecule has 9 nitrogen and oxygen atoms in total. The van der Waals surface area contributed by atoms with Gasteiger partial charge in [0.2, 0.25) is 0 Å². The molecule has 0 aliphatic carbocycles. The summed E-state index contributed by atoms with van der Waals surface area (Å²) in [7, 11) is 1.50. The van der Waals surface area contributed by atoms with Gasteiger partial charge in [-0.2, -0.15) is 0 Å². The van der Waals surface area contributed by atoms with E-state index in [-0.39, 0.29) is 29.3 Å². The molecule has 11 heteroatoms. The average molecular weight is 556 g/mol. The van der Waals surface area contributed by atoms with Gasteiger partial charge in [0.05, 0.1) is 33.6 Å². The highest BCUT2D eigenvalue weighted by molar-refractivity contribution is 9.10. The molecule has 1 saturated heterocycles. The fourth-order valence-corrected chi connectivity index (χ4v) is 4.79. The summed E-state index contributed by atoms with van der Waals surface area (Å²) in [6, 6.07) is 15.0. The fraction of sp³-hybridized carbons (Fsp3) is 0.125. The second kappa shape index (κ2) is 10.7. The monoisotopic (exact) mass is 555 g/mol. The lowest BCUT2D eigenvalue weighted by molar-refractivity contribution is -0.385. The first-order chi connectivity index (χ1) is 16.9. The first kappa shape index (κ1) is 24.4. The number of carbonyl (C=O) groups is 2. The Kier molecular flexibility index (Phi) is 7.47. The van der Waals surface area contributed by atoms with Crippen molar-refractivity contribution >= 4 is 50.6 Å². The van der Waals surface area contributed by atoms with Crippen LogP contribution in [0, 0.1) is 10.1 Å². The van der Waals surface area contributed by atoms with Gasteiger partial charge < -0.3 is 9.47 Å². The lowest BCUT2D eigenvalue weighted by atomic mass is 10.1. The molecule has 0 bridgehead atoms. The van der Waals surface area contributed by atoms with Gasteiger partial charge in [0.25, 0.3) is 16.8 Å². The van der Waals surface area contributed by atoms with Crippen molar-refractivity contribution in [1.29, 1.82) is 0 Å². The van der Waals surface area contributed by atoms with E-state index in [1.165, 1.54) is 25.3 Å². The number of para-hydroxylation sites is 1. The van der Waals surface area contributed by atoms with Crippen LogP contribution in [-0.4, -0.2) is 33.1 Å². The predicted molar refractivity (Wildman–Crippen MR) is 134 cm³/mol. The molecular formula is C24H18BrN3O6S. The number of thioether (sulfide) groups is 1. The van der Waals surface area contributed by atoms with Crippen molar-refractivity contribution in [2.24, 2.45) is 0 Å². The van der Waals surface area contributed by atoms with Crippen LogP contribution in [0.5, 0.6) is 11.5 Å². The van der Waals surface area contributed by atoms with Gasteiger partial charge in [0.15, 0.2) is 11.5 Å². The van der Waals surface area contributed by atoms with E-state index in [1.54, 1.807) is 30.5 Å². The van der Waals surface area contributed by atoms with E-state index in [2.05, 4.69) is 20.9 Å². The highest BCUT2D eigenvalue weighted by Crippen LogP contribution is 2.40. The lowest BCUT2D eigenvalue weighted by Gasteiger charge is -2.14. The van der Waals surface area contributed by atoms with Crippen LogP contribution in [0.2, 0.25) is 0 Å². The number of nitro benzene ring substituents is 1. The van der Waals surface area contributed by atoms with Crippen molar-refractivity contribution < 1.29 is 24.0 Å². The molecule has 1 aliphatic heterocycles. The number of nitrogens with zero attached hydrogens (tertiary/aromatic N) is 3. The maximum absolute atomic E-state index is 12.9. The minimum atomic E-state index is -0.536. The number of ether oxygens (including phenoxy) is 2. The number of benzene rings is 2. The Labute approximate surface area is 213 Å². The number of hydrogen-bond donors (Lipinski definition) is 0. The molecule has 35 heavy (non-hydrogen) atoms. The number of halogens is 1. The van der Waals surface area contributed by atoms with Crippen LogP contribution in [0.3, 0.4) is 0 Å². The predicted octanol–water partition coefficient (Wildman–Crippen LogP) is 5.58. The van der Waals surface area contributed by atoms with Gasteiger partial charge in [-0.3, -0.25) is 29.6 Å². The van der Waals surface area contributed by atoms with E-state index < -0.39 is 16.1 Å². The third kappa shape index (κ3) is 5.52.